The number of carboxylic acids is 1. The highest BCUT2D eigenvalue weighted by Gasteiger charge is 2.08. The molecule has 0 aliphatic heterocycles. The van der Waals surface area contributed by atoms with Crippen molar-refractivity contribution in [1.29, 1.82) is 0 Å². The van der Waals surface area contributed by atoms with Crippen LogP contribution >= 0.6 is 11.6 Å². The van der Waals surface area contributed by atoms with Gasteiger partial charge in [-0.1, -0.05) is 11.6 Å². The van der Waals surface area contributed by atoms with E-state index in [2.05, 4.69) is 4.98 Å². The van der Waals surface area contributed by atoms with Crippen molar-refractivity contribution in [2.24, 2.45) is 0 Å². The lowest BCUT2D eigenvalue weighted by molar-refractivity contribution is 0.0697. The average molecular weight is 264 g/mol. The number of methoxy groups -OCH3 is 1. The van der Waals surface area contributed by atoms with Crippen molar-refractivity contribution in [2.45, 2.75) is 0 Å². The molecule has 0 atom stereocenters. The Kier molecular flexibility index (Phi) is 3.48. The molecule has 0 aliphatic carbocycles. The number of rotatable bonds is 3. The summed E-state index contributed by atoms with van der Waals surface area (Å²) in [6.07, 6.45) is 1.61. The monoisotopic (exact) mass is 263 g/mol. The number of carboxylic acid groups (broad SMARTS) is 1. The van der Waals surface area contributed by atoms with Crippen LogP contribution in [0.4, 0.5) is 0 Å². The molecule has 1 N–H and O–H groups in total. The van der Waals surface area contributed by atoms with Crippen molar-refractivity contribution in [3.05, 3.63) is 47.1 Å². The van der Waals surface area contributed by atoms with Crippen LogP contribution in [0.2, 0.25) is 5.02 Å². The summed E-state index contributed by atoms with van der Waals surface area (Å²) in [5.74, 6) is -0.514. The summed E-state index contributed by atoms with van der Waals surface area (Å²) in [5, 5.41) is 9.34. The number of nitrogens with zero attached hydrogens (tertiary/aromatic N) is 1. The number of aromatic carboxylic acids is 1. The zero-order valence-electron chi connectivity index (χ0n) is 9.55. The quantitative estimate of drug-likeness (QED) is 0.924. The molecule has 1 heterocycles. The minimum atomic E-state index is -1.01. The number of halogens is 1. The molecule has 0 spiro atoms. The van der Waals surface area contributed by atoms with Crippen molar-refractivity contribution in [2.75, 3.05) is 7.11 Å². The van der Waals surface area contributed by atoms with Gasteiger partial charge in [-0.25, -0.2) is 9.78 Å². The van der Waals surface area contributed by atoms with Gasteiger partial charge in [0, 0.05) is 22.8 Å². The van der Waals surface area contributed by atoms with Crippen LogP contribution in [-0.4, -0.2) is 23.2 Å². The second-order valence-electron chi connectivity index (χ2n) is 3.62. The summed E-state index contributed by atoms with van der Waals surface area (Å²) in [4.78, 5) is 15.0. The Bertz CT molecular complexity index is 581. The second-order valence-corrected chi connectivity index (χ2v) is 4.06. The Balaban J connectivity index is 2.46. The molecule has 0 amide bonds. The molecule has 92 valence electrons. The van der Waals surface area contributed by atoms with Gasteiger partial charge in [-0.3, -0.25) is 0 Å². The molecular formula is C13H10ClNO3. The van der Waals surface area contributed by atoms with Crippen LogP contribution in [0.1, 0.15) is 10.4 Å². The Morgan fingerprint density at radius 1 is 1.28 bits per heavy atom. The van der Waals surface area contributed by atoms with Gasteiger partial charge < -0.3 is 9.84 Å². The summed E-state index contributed by atoms with van der Waals surface area (Å²) < 4.78 is 4.96. The van der Waals surface area contributed by atoms with Crippen LogP contribution in [0.5, 0.6) is 5.88 Å². The molecule has 4 nitrogen and oxygen atoms in total. The zero-order chi connectivity index (χ0) is 13.1. The lowest BCUT2D eigenvalue weighted by Crippen LogP contribution is -1.96. The van der Waals surface area contributed by atoms with Crippen LogP contribution in [0.3, 0.4) is 0 Å². The molecule has 0 unspecified atom stereocenters. The van der Waals surface area contributed by atoms with E-state index in [0.29, 0.717) is 16.5 Å². The standard InChI is InChI=1S/C13H10ClNO3/c1-18-12-3-2-8(7-15-12)9-4-10(13(16)17)6-11(14)5-9/h2-7H,1H3,(H,16,17). The first-order valence-electron chi connectivity index (χ1n) is 5.14. The summed E-state index contributed by atoms with van der Waals surface area (Å²) in [5.41, 5.74) is 1.63. The number of pyridine rings is 1. The molecule has 5 heteroatoms. The highest BCUT2D eigenvalue weighted by molar-refractivity contribution is 6.31. The molecular weight excluding hydrogens is 254 g/mol. The van der Waals surface area contributed by atoms with Crippen LogP contribution < -0.4 is 4.74 Å². The van der Waals surface area contributed by atoms with E-state index in [1.165, 1.54) is 13.2 Å². The fourth-order valence-corrected chi connectivity index (χ4v) is 1.79. The normalized spacial score (nSPS) is 10.1. The molecule has 1 aromatic carbocycles. The number of carbonyl (C=O) groups is 1. The van der Waals surface area contributed by atoms with E-state index in [9.17, 15) is 4.79 Å². The van der Waals surface area contributed by atoms with Crippen LogP contribution in [0, 0.1) is 0 Å². The first-order valence-corrected chi connectivity index (χ1v) is 5.52. The molecule has 2 aromatic rings. The van der Waals surface area contributed by atoms with E-state index in [4.69, 9.17) is 21.4 Å². The van der Waals surface area contributed by atoms with E-state index in [1.54, 1.807) is 30.5 Å². The maximum Gasteiger partial charge on any atom is 0.335 e. The summed E-state index contributed by atoms with van der Waals surface area (Å²) >= 11 is 5.89. The van der Waals surface area contributed by atoms with Gasteiger partial charge in [0.2, 0.25) is 5.88 Å². The molecule has 1 aromatic heterocycles. The van der Waals surface area contributed by atoms with Crippen molar-refractivity contribution in [3.8, 4) is 17.0 Å². The molecule has 18 heavy (non-hydrogen) atoms. The second kappa shape index (κ2) is 5.06. The average Bonchev–Trinajstić information content (AvgIpc) is 2.38. The van der Waals surface area contributed by atoms with Crippen molar-refractivity contribution in [1.82, 2.24) is 4.98 Å². The zero-order valence-corrected chi connectivity index (χ0v) is 10.3. The van der Waals surface area contributed by atoms with Crippen molar-refractivity contribution < 1.29 is 14.6 Å². The predicted molar refractivity (Wildman–Crippen MR) is 68.2 cm³/mol. The highest BCUT2D eigenvalue weighted by atomic mass is 35.5. The van der Waals surface area contributed by atoms with Gasteiger partial charge in [0.1, 0.15) is 0 Å². The largest absolute Gasteiger partial charge is 0.481 e. The third-order valence-electron chi connectivity index (χ3n) is 2.42. The van der Waals surface area contributed by atoms with Gasteiger partial charge >= 0.3 is 5.97 Å². The number of hydrogen-bond donors (Lipinski definition) is 1. The van der Waals surface area contributed by atoms with Gasteiger partial charge in [0.15, 0.2) is 0 Å². The molecule has 0 saturated carbocycles. The maximum absolute atomic E-state index is 10.9. The molecule has 0 fully saturated rings. The Hall–Kier alpha value is -2.07. The summed E-state index contributed by atoms with van der Waals surface area (Å²) in [6.45, 7) is 0. The van der Waals surface area contributed by atoms with E-state index in [0.717, 1.165) is 5.56 Å². The first kappa shape index (κ1) is 12.4. The van der Waals surface area contributed by atoms with Crippen LogP contribution in [-0.2, 0) is 0 Å². The van der Waals surface area contributed by atoms with Gasteiger partial charge in [0.25, 0.3) is 0 Å². The minimum Gasteiger partial charge on any atom is -0.481 e. The predicted octanol–water partition coefficient (Wildman–Crippen LogP) is 3.11. The van der Waals surface area contributed by atoms with E-state index in [1.807, 2.05) is 0 Å². The van der Waals surface area contributed by atoms with E-state index < -0.39 is 5.97 Å². The van der Waals surface area contributed by atoms with Crippen LogP contribution in [0.15, 0.2) is 36.5 Å². The van der Waals surface area contributed by atoms with Gasteiger partial charge in [-0.15, -0.1) is 0 Å². The van der Waals surface area contributed by atoms with Gasteiger partial charge in [0.05, 0.1) is 12.7 Å². The van der Waals surface area contributed by atoms with Crippen molar-refractivity contribution in [3.63, 3.8) is 0 Å². The molecule has 0 radical (unpaired) electrons. The number of ether oxygens (including phenoxy) is 1. The topological polar surface area (TPSA) is 59.4 Å². The number of aromatic nitrogens is 1. The summed E-state index contributed by atoms with van der Waals surface area (Å²) in [7, 11) is 1.53. The fraction of sp³-hybridized carbons (Fsp3) is 0.0769. The lowest BCUT2D eigenvalue weighted by atomic mass is 10.0. The van der Waals surface area contributed by atoms with E-state index in [-0.39, 0.29) is 5.56 Å². The SMILES string of the molecule is COc1ccc(-c2cc(Cl)cc(C(=O)O)c2)cn1. The smallest absolute Gasteiger partial charge is 0.335 e. The van der Waals surface area contributed by atoms with Crippen molar-refractivity contribution >= 4 is 17.6 Å². The lowest BCUT2D eigenvalue weighted by Gasteiger charge is -2.05. The summed E-state index contributed by atoms with van der Waals surface area (Å²) in [6, 6.07) is 8.15. The molecule has 0 bridgehead atoms. The van der Waals surface area contributed by atoms with Gasteiger partial charge in [-0.2, -0.15) is 0 Å². The highest BCUT2D eigenvalue weighted by Crippen LogP contribution is 2.25. The molecule has 0 saturated heterocycles. The van der Waals surface area contributed by atoms with E-state index >= 15 is 0 Å². The number of benzene rings is 1. The number of hydrogen-bond acceptors (Lipinski definition) is 3. The maximum atomic E-state index is 10.9. The minimum absolute atomic E-state index is 0.147. The Morgan fingerprint density at radius 3 is 2.61 bits per heavy atom. The third kappa shape index (κ3) is 2.60. The van der Waals surface area contributed by atoms with Gasteiger partial charge in [-0.05, 0) is 29.8 Å². The third-order valence-corrected chi connectivity index (χ3v) is 2.64. The fourth-order valence-electron chi connectivity index (χ4n) is 1.55. The Labute approximate surface area is 109 Å². The molecule has 2 rings (SSSR count). The first-order chi connectivity index (χ1) is 8.60. The van der Waals surface area contributed by atoms with Crippen LogP contribution in [0.25, 0.3) is 11.1 Å². The molecule has 0 aliphatic rings. The Morgan fingerprint density at radius 2 is 2.06 bits per heavy atom.